The van der Waals surface area contributed by atoms with E-state index in [4.69, 9.17) is 5.14 Å². The molecular formula is C22H15F2N5O6S. The van der Waals surface area contributed by atoms with Crippen LogP contribution in [0.2, 0.25) is 0 Å². The fourth-order valence-corrected chi connectivity index (χ4v) is 4.11. The minimum Gasteiger partial charge on any atom is -0.258 e. The largest absolute Gasteiger partial charge is 0.282 e. The lowest BCUT2D eigenvalue weighted by molar-refractivity contribution is -0.385. The van der Waals surface area contributed by atoms with Crippen molar-refractivity contribution in [1.82, 2.24) is 9.78 Å². The number of nitrogens with zero attached hydrogens (tertiary/aromatic N) is 4. The highest BCUT2D eigenvalue weighted by molar-refractivity contribution is 7.89. The molecular weight excluding hydrogens is 500 g/mol. The first kappa shape index (κ1) is 24.6. The summed E-state index contributed by atoms with van der Waals surface area (Å²) >= 11 is 0. The number of rotatable bonds is 7. The monoisotopic (exact) mass is 515 g/mol. The minimum absolute atomic E-state index is 0.0541. The van der Waals surface area contributed by atoms with E-state index in [9.17, 15) is 37.4 Å². The van der Waals surface area contributed by atoms with Gasteiger partial charge in [0.05, 0.1) is 26.1 Å². The molecule has 11 nitrogen and oxygen atoms in total. The number of non-ortho nitro benzene ring substituents is 2. The predicted octanol–water partition coefficient (Wildman–Crippen LogP) is 4.61. The lowest BCUT2D eigenvalue weighted by Crippen LogP contribution is -2.11. The molecule has 0 aliphatic carbocycles. The van der Waals surface area contributed by atoms with Crippen LogP contribution in [-0.4, -0.2) is 28.0 Å². The molecule has 0 aliphatic rings. The van der Waals surface area contributed by atoms with Gasteiger partial charge in [0, 0.05) is 35.4 Å². The number of nitro groups is 2. The van der Waals surface area contributed by atoms with E-state index in [0.29, 0.717) is 0 Å². The molecule has 0 aliphatic heterocycles. The number of hydrogen-bond donors (Lipinski definition) is 1. The Bertz CT molecular complexity index is 1570. The molecule has 0 saturated heterocycles. The molecule has 0 amide bonds. The van der Waals surface area contributed by atoms with Crippen LogP contribution in [0.1, 0.15) is 12.1 Å². The average Bonchev–Trinajstić information content (AvgIpc) is 3.24. The Morgan fingerprint density at radius 2 is 1.28 bits per heavy atom. The summed E-state index contributed by atoms with van der Waals surface area (Å²) in [4.78, 5) is 20.6. The Kier molecular flexibility index (Phi) is 6.30. The molecule has 0 spiro atoms. The third kappa shape index (κ3) is 4.67. The second-order valence-corrected chi connectivity index (χ2v) is 9.03. The van der Waals surface area contributed by atoms with E-state index in [1.54, 1.807) is 0 Å². The fraction of sp³-hybridized carbons (Fsp3) is 0.0455. The summed E-state index contributed by atoms with van der Waals surface area (Å²) in [7, 11) is -4.03. The van der Waals surface area contributed by atoms with Gasteiger partial charge in [0.25, 0.3) is 17.8 Å². The van der Waals surface area contributed by atoms with Crippen molar-refractivity contribution < 1.29 is 27.0 Å². The smallest absolute Gasteiger partial charge is 0.258 e. The molecule has 0 fully saturated rings. The number of nitro benzene ring substituents is 2. The molecule has 0 unspecified atom stereocenters. The quantitative estimate of drug-likeness (QED) is 0.277. The first-order chi connectivity index (χ1) is 17.0. The van der Waals surface area contributed by atoms with Crippen molar-refractivity contribution in [2.45, 2.75) is 11.3 Å². The molecule has 184 valence electrons. The van der Waals surface area contributed by atoms with E-state index in [1.807, 2.05) is 0 Å². The molecule has 1 heterocycles. The summed E-state index contributed by atoms with van der Waals surface area (Å²) in [6.45, 7) is 0. The Labute approximate surface area is 201 Å². The summed E-state index contributed by atoms with van der Waals surface area (Å²) in [5.41, 5.74) is -0.401. The van der Waals surface area contributed by atoms with E-state index in [2.05, 4.69) is 5.10 Å². The summed E-state index contributed by atoms with van der Waals surface area (Å²) < 4.78 is 52.8. The minimum atomic E-state index is -4.03. The van der Waals surface area contributed by atoms with Crippen LogP contribution in [0.4, 0.5) is 20.2 Å². The highest BCUT2D eigenvalue weighted by Gasteiger charge is 2.28. The fourth-order valence-electron chi connectivity index (χ4n) is 3.59. The maximum Gasteiger partial charge on any atom is 0.282 e. The molecule has 36 heavy (non-hydrogen) atoms. The van der Waals surface area contributed by atoms with Crippen molar-refractivity contribution in [3.05, 3.63) is 98.7 Å². The van der Waals surface area contributed by atoms with Crippen molar-refractivity contribution in [3.63, 3.8) is 0 Å². The van der Waals surface area contributed by atoms with Gasteiger partial charge in [-0.1, -0.05) is 12.1 Å². The standard InChI is InChI=1S/C22H15F2N5O6S/c23-22(24)20-19(13-1-5-16(6-2-13)28(30)31)21(14-3-11-18(12-4-14)36(25,34)35)27(26-20)15-7-9-17(10-8-15)29(32)33/h1-12,22H,(H2,25,34,35). The molecule has 4 rings (SSSR count). The van der Waals surface area contributed by atoms with Crippen LogP contribution in [0.25, 0.3) is 28.1 Å². The number of primary sulfonamides is 1. The van der Waals surface area contributed by atoms with Crippen molar-refractivity contribution in [2.24, 2.45) is 5.14 Å². The van der Waals surface area contributed by atoms with E-state index < -0.39 is 32.0 Å². The van der Waals surface area contributed by atoms with Crippen LogP contribution in [0, 0.1) is 20.2 Å². The van der Waals surface area contributed by atoms with E-state index in [-0.39, 0.29) is 44.3 Å². The van der Waals surface area contributed by atoms with Crippen LogP contribution in [0.3, 0.4) is 0 Å². The molecule has 0 radical (unpaired) electrons. The average molecular weight is 515 g/mol. The third-order valence-corrected chi connectivity index (χ3v) is 6.18. The van der Waals surface area contributed by atoms with Gasteiger partial charge in [0.2, 0.25) is 10.0 Å². The Balaban J connectivity index is 2.01. The van der Waals surface area contributed by atoms with Gasteiger partial charge in [-0.05, 0) is 42.0 Å². The van der Waals surface area contributed by atoms with Crippen LogP contribution in [-0.2, 0) is 10.0 Å². The maximum atomic E-state index is 14.2. The van der Waals surface area contributed by atoms with Crippen molar-refractivity contribution in [3.8, 4) is 28.1 Å². The zero-order chi connectivity index (χ0) is 26.2. The Morgan fingerprint density at radius 3 is 1.72 bits per heavy atom. The molecule has 14 heteroatoms. The Hall–Kier alpha value is -4.56. The van der Waals surface area contributed by atoms with E-state index in [1.165, 1.54) is 60.7 Å². The predicted molar refractivity (Wildman–Crippen MR) is 124 cm³/mol. The number of alkyl halides is 2. The second kappa shape index (κ2) is 9.24. The third-order valence-electron chi connectivity index (χ3n) is 5.25. The van der Waals surface area contributed by atoms with Crippen molar-refractivity contribution in [1.29, 1.82) is 0 Å². The van der Waals surface area contributed by atoms with Crippen LogP contribution in [0.5, 0.6) is 0 Å². The molecule has 4 aromatic rings. The SMILES string of the molecule is NS(=O)(=O)c1ccc(-c2c(-c3ccc([N+](=O)[O-])cc3)c(C(F)F)nn2-c2ccc([N+](=O)[O-])cc2)cc1. The summed E-state index contributed by atoms with van der Waals surface area (Å²) in [5.74, 6) is 0. The number of benzene rings is 3. The van der Waals surface area contributed by atoms with Gasteiger partial charge in [0.1, 0.15) is 5.69 Å². The van der Waals surface area contributed by atoms with Crippen molar-refractivity contribution >= 4 is 21.4 Å². The van der Waals surface area contributed by atoms with Gasteiger partial charge in [-0.15, -0.1) is 0 Å². The number of hydrogen-bond acceptors (Lipinski definition) is 7. The van der Waals surface area contributed by atoms with Gasteiger partial charge >= 0.3 is 0 Å². The van der Waals surface area contributed by atoms with Crippen LogP contribution < -0.4 is 5.14 Å². The zero-order valence-electron chi connectivity index (χ0n) is 18.0. The van der Waals surface area contributed by atoms with Crippen LogP contribution in [0.15, 0.2) is 77.7 Å². The summed E-state index contributed by atoms with van der Waals surface area (Å²) in [6, 6.07) is 15.0. The van der Waals surface area contributed by atoms with Gasteiger partial charge < -0.3 is 0 Å². The van der Waals surface area contributed by atoms with Gasteiger partial charge in [0.15, 0.2) is 0 Å². The number of sulfonamides is 1. The molecule has 0 saturated carbocycles. The molecule has 0 atom stereocenters. The van der Waals surface area contributed by atoms with E-state index in [0.717, 1.165) is 16.8 Å². The normalized spacial score (nSPS) is 11.6. The summed E-state index contributed by atoms with van der Waals surface area (Å²) in [5, 5.41) is 31.3. The van der Waals surface area contributed by atoms with Gasteiger partial charge in [-0.3, -0.25) is 20.2 Å². The van der Waals surface area contributed by atoms with Crippen LogP contribution >= 0.6 is 0 Å². The molecule has 2 N–H and O–H groups in total. The highest BCUT2D eigenvalue weighted by Crippen LogP contribution is 2.41. The molecule has 3 aromatic carbocycles. The molecule has 0 bridgehead atoms. The van der Waals surface area contributed by atoms with Gasteiger partial charge in [-0.2, -0.15) is 5.10 Å². The summed E-state index contributed by atoms with van der Waals surface area (Å²) in [6.07, 6.45) is -3.06. The lowest BCUT2D eigenvalue weighted by atomic mass is 9.98. The number of halogens is 2. The highest BCUT2D eigenvalue weighted by atomic mass is 32.2. The van der Waals surface area contributed by atoms with E-state index >= 15 is 0 Å². The van der Waals surface area contributed by atoms with Gasteiger partial charge in [-0.25, -0.2) is 27.0 Å². The Morgan fingerprint density at radius 1 is 0.806 bits per heavy atom. The topological polar surface area (TPSA) is 164 Å². The number of nitrogens with two attached hydrogens (primary N) is 1. The zero-order valence-corrected chi connectivity index (χ0v) is 18.8. The lowest BCUT2D eigenvalue weighted by Gasteiger charge is -2.11. The second-order valence-electron chi connectivity index (χ2n) is 7.47. The first-order valence-electron chi connectivity index (χ1n) is 10.0. The maximum absolute atomic E-state index is 14.2. The first-order valence-corrected chi connectivity index (χ1v) is 11.6. The van der Waals surface area contributed by atoms with Crippen molar-refractivity contribution in [2.75, 3.05) is 0 Å². The molecule has 1 aromatic heterocycles. The number of aromatic nitrogens is 2.